The van der Waals surface area contributed by atoms with Crippen LogP contribution in [0.2, 0.25) is 0 Å². The van der Waals surface area contributed by atoms with Crippen LogP contribution >= 0.6 is 11.3 Å². The molecule has 0 fully saturated rings. The Morgan fingerprint density at radius 1 is 1.53 bits per heavy atom. The van der Waals surface area contributed by atoms with Crippen LogP contribution in [0.15, 0.2) is 6.20 Å². The molecule has 1 amide bonds. The molecule has 0 saturated heterocycles. The van der Waals surface area contributed by atoms with Crippen molar-refractivity contribution in [2.45, 2.75) is 33.2 Å². The van der Waals surface area contributed by atoms with Gasteiger partial charge in [0, 0.05) is 5.92 Å². The van der Waals surface area contributed by atoms with Crippen LogP contribution in [0.5, 0.6) is 0 Å². The normalized spacial score (nSPS) is 14.1. The number of amides is 1. The first-order valence-electron chi connectivity index (χ1n) is 5.45. The van der Waals surface area contributed by atoms with E-state index in [9.17, 15) is 9.59 Å². The van der Waals surface area contributed by atoms with E-state index >= 15 is 0 Å². The van der Waals surface area contributed by atoms with Crippen molar-refractivity contribution in [3.8, 4) is 0 Å². The first kappa shape index (κ1) is 13.6. The summed E-state index contributed by atoms with van der Waals surface area (Å²) >= 11 is 1.09. The van der Waals surface area contributed by atoms with Crippen molar-refractivity contribution in [1.29, 1.82) is 0 Å². The second-order valence-electron chi connectivity index (χ2n) is 3.91. The van der Waals surface area contributed by atoms with E-state index in [1.54, 1.807) is 6.92 Å². The Morgan fingerprint density at radius 3 is 2.65 bits per heavy atom. The van der Waals surface area contributed by atoms with Gasteiger partial charge >= 0.3 is 5.97 Å². The van der Waals surface area contributed by atoms with Crippen LogP contribution in [0.3, 0.4) is 0 Å². The van der Waals surface area contributed by atoms with Gasteiger partial charge in [-0.1, -0.05) is 13.8 Å². The number of carbonyl (C=O) groups excluding carboxylic acids is 1. The first-order chi connectivity index (χ1) is 7.95. The highest BCUT2D eigenvalue weighted by molar-refractivity contribution is 7.13. The number of carboxylic acids is 1. The van der Waals surface area contributed by atoms with Crippen molar-refractivity contribution in [1.82, 2.24) is 10.3 Å². The second kappa shape index (κ2) is 5.77. The van der Waals surface area contributed by atoms with Crippen molar-refractivity contribution < 1.29 is 14.7 Å². The predicted molar refractivity (Wildman–Crippen MR) is 65.1 cm³/mol. The van der Waals surface area contributed by atoms with Gasteiger partial charge in [0.1, 0.15) is 9.88 Å². The lowest BCUT2D eigenvalue weighted by atomic mass is 10.1. The van der Waals surface area contributed by atoms with Gasteiger partial charge < -0.3 is 10.4 Å². The molecule has 0 saturated carbocycles. The van der Waals surface area contributed by atoms with Crippen LogP contribution in [-0.4, -0.2) is 22.0 Å². The number of nitrogens with one attached hydrogen (secondary N) is 1. The fourth-order valence-electron chi connectivity index (χ4n) is 1.19. The third-order valence-corrected chi connectivity index (χ3v) is 3.69. The Kier molecular flexibility index (Phi) is 4.62. The number of carboxylic acid groups (broad SMARTS) is 1. The van der Waals surface area contributed by atoms with Crippen LogP contribution in [0.4, 0.5) is 0 Å². The average Bonchev–Trinajstić information content (AvgIpc) is 2.77. The molecule has 5 nitrogen and oxygen atoms in total. The molecule has 0 aromatic carbocycles. The smallest absolute Gasteiger partial charge is 0.347 e. The SMILES string of the molecule is CCC(C)C(=O)NC(C)c1ncc(C(=O)O)s1. The van der Waals surface area contributed by atoms with E-state index < -0.39 is 5.97 Å². The number of thiazole rings is 1. The Bertz CT molecular complexity index is 417. The third-order valence-electron chi connectivity index (χ3n) is 2.52. The molecule has 17 heavy (non-hydrogen) atoms. The standard InChI is InChI=1S/C11H16N2O3S/c1-4-6(2)9(14)13-7(3)10-12-5-8(17-10)11(15)16/h5-7H,4H2,1-3H3,(H,13,14)(H,15,16). The number of aromatic nitrogens is 1. The summed E-state index contributed by atoms with van der Waals surface area (Å²) in [5.41, 5.74) is 0. The summed E-state index contributed by atoms with van der Waals surface area (Å²) in [7, 11) is 0. The second-order valence-corrected chi connectivity index (χ2v) is 4.97. The molecule has 1 aromatic rings. The number of nitrogens with zero attached hydrogens (tertiary/aromatic N) is 1. The van der Waals surface area contributed by atoms with E-state index in [1.165, 1.54) is 6.20 Å². The summed E-state index contributed by atoms with van der Waals surface area (Å²) in [4.78, 5) is 26.5. The lowest BCUT2D eigenvalue weighted by molar-refractivity contribution is -0.125. The van der Waals surface area contributed by atoms with Gasteiger partial charge in [-0.3, -0.25) is 4.79 Å². The molecule has 6 heteroatoms. The molecule has 1 aromatic heterocycles. The molecule has 1 rings (SSSR count). The lowest BCUT2D eigenvalue weighted by Gasteiger charge is -2.14. The minimum atomic E-state index is -0.991. The van der Waals surface area contributed by atoms with Crippen molar-refractivity contribution in [2.75, 3.05) is 0 Å². The number of aromatic carboxylic acids is 1. The summed E-state index contributed by atoms with van der Waals surface area (Å²) in [6, 6.07) is -0.255. The van der Waals surface area contributed by atoms with E-state index in [4.69, 9.17) is 5.11 Å². The van der Waals surface area contributed by atoms with Gasteiger partial charge in [0.25, 0.3) is 0 Å². The van der Waals surface area contributed by atoms with Crippen LogP contribution in [0, 0.1) is 5.92 Å². The molecule has 0 radical (unpaired) electrons. The highest BCUT2D eigenvalue weighted by Gasteiger charge is 2.18. The Morgan fingerprint density at radius 2 is 2.18 bits per heavy atom. The minimum absolute atomic E-state index is 0.0351. The monoisotopic (exact) mass is 256 g/mol. The Hall–Kier alpha value is -1.43. The van der Waals surface area contributed by atoms with Gasteiger partial charge in [-0.05, 0) is 13.3 Å². The van der Waals surface area contributed by atoms with Gasteiger partial charge in [0.05, 0.1) is 12.2 Å². The van der Waals surface area contributed by atoms with Gasteiger partial charge in [-0.15, -0.1) is 11.3 Å². The molecule has 0 aliphatic rings. The maximum Gasteiger partial charge on any atom is 0.347 e. The summed E-state index contributed by atoms with van der Waals surface area (Å²) in [5.74, 6) is -1.07. The molecule has 2 atom stereocenters. The molecular weight excluding hydrogens is 240 g/mol. The van der Waals surface area contributed by atoms with Crippen LogP contribution in [0.1, 0.15) is 47.9 Å². The maximum absolute atomic E-state index is 11.6. The maximum atomic E-state index is 11.6. The van der Waals surface area contributed by atoms with Crippen LogP contribution < -0.4 is 5.32 Å². The summed E-state index contributed by atoms with van der Waals surface area (Å²) < 4.78 is 0. The van der Waals surface area contributed by atoms with E-state index in [2.05, 4.69) is 10.3 Å². The zero-order valence-corrected chi connectivity index (χ0v) is 10.9. The number of rotatable bonds is 5. The molecule has 1 heterocycles. The minimum Gasteiger partial charge on any atom is -0.477 e. The zero-order valence-electron chi connectivity index (χ0n) is 10.1. The lowest BCUT2D eigenvalue weighted by Crippen LogP contribution is -2.31. The molecule has 0 aliphatic carbocycles. The molecule has 0 spiro atoms. The van der Waals surface area contributed by atoms with E-state index in [0.717, 1.165) is 17.8 Å². The van der Waals surface area contributed by atoms with Crippen molar-refractivity contribution in [2.24, 2.45) is 5.92 Å². The fourth-order valence-corrected chi connectivity index (χ4v) is 1.95. The topological polar surface area (TPSA) is 79.3 Å². The van der Waals surface area contributed by atoms with Gasteiger partial charge in [-0.2, -0.15) is 0 Å². The zero-order chi connectivity index (χ0) is 13.0. The number of carbonyl (C=O) groups is 2. The molecule has 0 bridgehead atoms. The summed E-state index contributed by atoms with van der Waals surface area (Å²) in [5, 5.41) is 12.2. The molecule has 2 N–H and O–H groups in total. The van der Waals surface area contributed by atoms with E-state index in [0.29, 0.717) is 5.01 Å². The number of hydrogen-bond donors (Lipinski definition) is 2. The summed E-state index contributed by atoms with van der Waals surface area (Å²) in [6.45, 7) is 5.60. The van der Waals surface area contributed by atoms with Crippen LogP contribution in [0.25, 0.3) is 0 Å². The fraction of sp³-hybridized carbons (Fsp3) is 0.545. The van der Waals surface area contributed by atoms with Gasteiger partial charge in [0.2, 0.25) is 5.91 Å². The van der Waals surface area contributed by atoms with Crippen molar-refractivity contribution in [3.63, 3.8) is 0 Å². The van der Waals surface area contributed by atoms with Gasteiger partial charge in [-0.25, -0.2) is 9.78 Å². The number of hydrogen-bond acceptors (Lipinski definition) is 4. The van der Waals surface area contributed by atoms with Crippen LogP contribution in [-0.2, 0) is 4.79 Å². The average molecular weight is 256 g/mol. The molecule has 0 aliphatic heterocycles. The largest absolute Gasteiger partial charge is 0.477 e. The predicted octanol–water partition coefficient (Wildman–Crippen LogP) is 2.06. The third kappa shape index (κ3) is 3.52. The van der Waals surface area contributed by atoms with E-state index in [1.807, 2.05) is 13.8 Å². The Balaban J connectivity index is 2.66. The summed E-state index contributed by atoms with van der Waals surface area (Å²) in [6.07, 6.45) is 2.09. The Labute approximate surface area is 104 Å². The quantitative estimate of drug-likeness (QED) is 0.845. The molecular formula is C11H16N2O3S. The highest BCUT2D eigenvalue weighted by atomic mass is 32.1. The molecule has 2 unspecified atom stereocenters. The molecule has 94 valence electrons. The van der Waals surface area contributed by atoms with Gasteiger partial charge in [0.15, 0.2) is 0 Å². The highest BCUT2D eigenvalue weighted by Crippen LogP contribution is 2.20. The first-order valence-corrected chi connectivity index (χ1v) is 6.26. The van der Waals surface area contributed by atoms with E-state index in [-0.39, 0.29) is 22.7 Å². The van der Waals surface area contributed by atoms with Crippen molar-refractivity contribution >= 4 is 23.2 Å². The van der Waals surface area contributed by atoms with Crippen molar-refractivity contribution in [3.05, 3.63) is 16.1 Å².